The van der Waals surface area contributed by atoms with Gasteiger partial charge in [0.05, 0.1) is 19.1 Å². The Bertz CT molecular complexity index is 827. The van der Waals surface area contributed by atoms with Crippen LogP contribution in [0.4, 0.5) is 0 Å². The van der Waals surface area contributed by atoms with Gasteiger partial charge in [-0.1, -0.05) is 12.3 Å². The fourth-order valence-corrected chi connectivity index (χ4v) is 4.92. The maximum absolute atomic E-state index is 5.48. The molecule has 1 unspecified atom stereocenters. The van der Waals surface area contributed by atoms with Gasteiger partial charge in [-0.2, -0.15) is 0 Å². The molecule has 6 nitrogen and oxygen atoms in total. The largest absolute Gasteiger partial charge is 0.320 e. The number of nitrogens with zero attached hydrogens (tertiary/aromatic N) is 5. The highest BCUT2D eigenvalue weighted by Gasteiger charge is 2.32. The van der Waals surface area contributed by atoms with Crippen LogP contribution in [0.3, 0.4) is 0 Å². The molecule has 0 aliphatic carbocycles. The molecule has 2 aromatic heterocycles. The van der Waals surface area contributed by atoms with E-state index in [1.807, 2.05) is 0 Å². The van der Waals surface area contributed by atoms with E-state index in [4.69, 9.17) is 10.7 Å². The van der Waals surface area contributed by atoms with Crippen molar-refractivity contribution in [1.29, 1.82) is 0 Å². The molecule has 0 radical (unpaired) electrons. The molecule has 0 saturated carbocycles. The van der Waals surface area contributed by atoms with Gasteiger partial charge in [0.25, 0.3) is 0 Å². The van der Waals surface area contributed by atoms with E-state index >= 15 is 0 Å². The second kappa shape index (κ2) is 7.87. The van der Waals surface area contributed by atoms with Crippen LogP contribution in [-0.4, -0.2) is 37.7 Å². The summed E-state index contributed by atoms with van der Waals surface area (Å²) in [5.74, 6) is 8.33. The number of thiazole rings is 1. The Kier molecular flexibility index (Phi) is 5.34. The van der Waals surface area contributed by atoms with E-state index in [0.717, 1.165) is 49.0 Å². The first-order valence-electron chi connectivity index (χ1n) is 9.57. The predicted octanol–water partition coefficient (Wildman–Crippen LogP) is 2.42. The van der Waals surface area contributed by atoms with Crippen molar-refractivity contribution in [1.82, 2.24) is 24.6 Å². The van der Waals surface area contributed by atoms with Gasteiger partial charge in [0.2, 0.25) is 0 Å². The molecule has 1 atom stereocenters. The van der Waals surface area contributed by atoms with Gasteiger partial charge in [-0.05, 0) is 45.1 Å². The smallest absolute Gasteiger partial charge is 0.150 e. The SMILES string of the molecule is Cc1sc(CN2CCCC2c2nnc3n2CCCCC3)nc1C#CCN. The molecular weight excluding hydrogens is 344 g/mol. The van der Waals surface area contributed by atoms with Crippen molar-refractivity contribution in [2.24, 2.45) is 5.73 Å². The maximum Gasteiger partial charge on any atom is 0.150 e. The molecule has 0 amide bonds. The molecule has 7 heteroatoms. The highest BCUT2D eigenvalue weighted by molar-refractivity contribution is 7.11. The first kappa shape index (κ1) is 17.7. The second-order valence-corrected chi connectivity index (χ2v) is 8.37. The van der Waals surface area contributed by atoms with Gasteiger partial charge in [-0.15, -0.1) is 21.5 Å². The molecule has 2 aromatic rings. The predicted molar refractivity (Wildman–Crippen MR) is 103 cm³/mol. The summed E-state index contributed by atoms with van der Waals surface area (Å²) in [5, 5.41) is 10.2. The minimum absolute atomic E-state index is 0.358. The van der Waals surface area contributed by atoms with Gasteiger partial charge in [-0.3, -0.25) is 4.90 Å². The summed E-state index contributed by atoms with van der Waals surface area (Å²) in [6.07, 6.45) is 7.19. The van der Waals surface area contributed by atoms with E-state index < -0.39 is 0 Å². The molecule has 0 bridgehead atoms. The molecule has 0 spiro atoms. The van der Waals surface area contributed by atoms with Crippen LogP contribution in [-0.2, 0) is 19.5 Å². The minimum Gasteiger partial charge on any atom is -0.320 e. The van der Waals surface area contributed by atoms with Crippen molar-refractivity contribution < 1.29 is 0 Å². The van der Waals surface area contributed by atoms with Crippen molar-refractivity contribution in [2.45, 2.75) is 64.6 Å². The molecule has 4 heterocycles. The third-order valence-electron chi connectivity index (χ3n) is 5.29. The van der Waals surface area contributed by atoms with Crippen molar-refractivity contribution in [3.05, 3.63) is 27.2 Å². The molecule has 1 fully saturated rings. The minimum atomic E-state index is 0.358. The highest BCUT2D eigenvalue weighted by Crippen LogP contribution is 2.34. The van der Waals surface area contributed by atoms with Crippen LogP contribution < -0.4 is 5.73 Å². The summed E-state index contributed by atoms with van der Waals surface area (Å²) in [6.45, 7) is 5.48. The maximum atomic E-state index is 5.48. The molecule has 0 aromatic carbocycles. The third kappa shape index (κ3) is 3.54. The molecule has 138 valence electrons. The summed E-state index contributed by atoms with van der Waals surface area (Å²) >= 11 is 1.74. The number of hydrogen-bond donors (Lipinski definition) is 1. The van der Waals surface area contributed by atoms with Crippen molar-refractivity contribution >= 4 is 11.3 Å². The number of aromatic nitrogens is 4. The zero-order valence-electron chi connectivity index (χ0n) is 15.4. The highest BCUT2D eigenvalue weighted by atomic mass is 32.1. The Morgan fingerprint density at radius 1 is 1.19 bits per heavy atom. The van der Waals surface area contributed by atoms with Crippen LogP contribution in [0.2, 0.25) is 0 Å². The van der Waals surface area contributed by atoms with Crippen LogP contribution in [0.25, 0.3) is 0 Å². The lowest BCUT2D eigenvalue weighted by atomic mass is 10.2. The summed E-state index contributed by atoms with van der Waals surface area (Å²) in [5.41, 5.74) is 6.36. The molecule has 2 aliphatic heterocycles. The van der Waals surface area contributed by atoms with Crippen LogP contribution in [0.5, 0.6) is 0 Å². The van der Waals surface area contributed by atoms with Gasteiger partial charge >= 0.3 is 0 Å². The standard InChI is InChI=1S/C19H26N6S/c1-14-15(7-5-10-20)21-18(26-14)13-24-11-6-8-16(24)19-23-22-17-9-3-2-4-12-25(17)19/h16H,2-4,6,8-13,20H2,1H3. The Hall–Kier alpha value is -1.75. The molecule has 26 heavy (non-hydrogen) atoms. The first-order valence-corrected chi connectivity index (χ1v) is 10.4. The van der Waals surface area contributed by atoms with Gasteiger partial charge in [0, 0.05) is 17.8 Å². The lowest BCUT2D eigenvalue weighted by Gasteiger charge is -2.23. The van der Waals surface area contributed by atoms with Crippen LogP contribution in [0.1, 0.15) is 65.4 Å². The fraction of sp³-hybridized carbons (Fsp3) is 0.632. The molecule has 2 N–H and O–H groups in total. The zero-order valence-corrected chi connectivity index (χ0v) is 16.2. The lowest BCUT2D eigenvalue weighted by molar-refractivity contribution is 0.233. The first-order chi connectivity index (χ1) is 12.8. The van der Waals surface area contributed by atoms with E-state index in [1.165, 1.54) is 36.4 Å². The summed E-state index contributed by atoms with van der Waals surface area (Å²) in [4.78, 5) is 8.42. The Morgan fingerprint density at radius 3 is 3.00 bits per heavy atom. The second-order valence-electron chi connectivity index (χ2n) is 7.08. The number of nitrogens with two attached hydrogens (primary N) is 1. The molecule has 4 rings (SSSR count). The van der Waals surface area contributed by atoms with Crippen molar-refractivity contribution in [2.75, 3.05) is 13.1 Å². The van der Waals surface area contributed by atoms with Crippen molar-refractivity contribution in [3.63, 3.8) is 0 Å². The normalized spacial score (nSPS) is 20.5. The van der Waals surface area contributed by atoms with Crippen LogP contribution in [0.15, 0.2) is 0 Å². The van der Waals surface area contributed by atoms with Crippen LogP contribution in [0, 0.1) is 18.8 Å². The Balaban J connectivity index is 1.54. The van der Waals surface area contributed by atoms with E-state index in [-0.39, 0.29) is 0 Å². The van der Waals surface area contributed by atoms with E-state index in [1.54, 1.807) is 11.3 Å². The average molecular weight is 371 g/mol. The van der Waals surface area contributed by atoms with E-state index in [0.29, 0.717) is 12.6 Å². The summed E-state index contributed by atoms with van der Waals surface area (Å²) in [6, 6.07) is 0.358. The quantitative estimate of drug-likeness (QED) is 0.840. The zero-order chi connectivity index (χ0) is 17.9. The molecule has 1 saturated heterocycles. The Labute approximate surface area is 158 Å². The number of hydrogen-bond acceptors (Lipinski definition) is 6. The number of aryl methyl sites for hydroxylation is 2. The number of rotatable bonds is 3. The fourth-order valence-electron chi connectivity index (χ4n) is 4.01. The lowest BCUT2D eigenvalue weighted by Crippen LogP contribution is -2.25. The van der Waals surface area contributed by atoms with Gasteiger partial charge in [-0.25, -0.2) is 4.98 Å². The van der Waals surface area contributed by atoms with Gasteiger partial charge in [0.15, 0.2) is 0 Å². The van der Waals surface area contributed by atoms with Gasteiger partial charge < -0.3 is 10.3 Å². The Morgan fingerprint density at radius 2 is 2.12 bits per heavy atom. The average Bonchev–Trinajstić information content (AvgIpc) is 3.29. The van der Waals surface area contributed by atoms with Crippen LogP contribution >= 0.6 is 11.3 Å². The third-order valence-corrected chi connectivity index (χ3v) is 6.24. The van der Waals surface area contributed by atoms with E-state index in [2.05, 4.69) is 38.4 Å². The number of fused-ring (bicyclic) bond motifs is 1. The summed E-state index contributed by atoms with van der Waals surface area (Å²) < 4.78 is 2.39. The molecular formula is C19H26N6S. The number of likely N-dealkylation sites (tertiary alicyclic amines) is 1. The van der Waals surface area contributed by atoms with Crippen molar-refractivity contribution in [3.8, 4) is 11.8 Å². The molecule has 2 aliphatic rings. The topological polar surface area (TPSA) is 72.9 Å². The van der Waals surface area contributed by atoms with Gasteiger partial charge in [0.1, 0.15) is 22.4 Å². The van der Waals surface area contributed by atoms with E-state index in [9.17, 15) is 0 Å². The monoisotopic (exact) mass is 370 g/mol. The summed E-state index contributed by atoms with van der Waals surface area (Å²) in [7, 11) is 0.